The summed E-state index contributed by atoms with van der Waals surface area (Å²) in [5.41, 5.74) is 0. The fourth-order valence-electron chi connectivity index (χ4n) is 2.85. The van der Waals surface area contributed by atoms with Crippen LogP contribution in [0, 0.1) is 0 Å². The second-order valence-corrected chi connectivity index (χ2v) is 5.92. The lowest BCUT2D eigenvalue weighted by Gasteiger charge is -2.45. The Labute approximate surface area is 152 Å². The van der Waals surface area contributed by atoms with Crippen LogP contribution in [0.25, 0.3) is 0 Å². The number of carbonyl (C=O) groups is 3. The van der Waals surface area contributed by atoms with E-state index in [-0.39, 0.29) is 5.91 Å². The number of ether oxygens (including phenoxy) is 4. The predicted molar refractivity (Wildman–Crippen MR) is 90.1 cm³/mol. The van der Waals surface area contributed by atoms with Crippen molar-refractivity contribution in [1.29, 1.82) is 0 Å². The summed E-state index contributed by atoms with van der Waals surface area (Å²) >= 11 is 0. The van der Waals surface area contributed by atoms with Crippen LogP contribution in [0.15, 0.2) is 12.7 Å². The van der Waals surface area contributed by atoms with Gasteiger partial charge < -0.3 is 29.4 Å². The molecule has 0 radical (unpaired) electrons. The van der Waals surface area contributed by atoms with Gasteiger partial charge in [0.1, 0.15) is 6.10 Å². The van der Waals surface area contributed by atoms with E-state index in [0.717, 1.165) is 0 Å². The highest BCUT2D eigenvalue weighted by atomic mass is 16.6. The minimum atomic E-state index is -1.05. The predicted octanol–water partition coefficient (Wildman–Crippen LogP) is -0.293. The molecular formula is C17H27NO8. The molecule has 1 heterocycles. The lowest BCUT2D eigenvalue weighted by Crippen LogP contribution is -2.66. The van der Waals surface area contributed by atoms with Gasteiger partial charge >= 0.3 is 11.9 Å². The highest BCUT2D eigenvalue weighted by Gasteiger charge is 2.49. The van der Waals surface area contributed by atoms with E-state index in [1.165, 1.54) is 20.8 Å². The summed E-state index contributed by atoms with van der Waals surface area (Å²) in [7, 11) is 0. The third-order valence-corrected chi connectivity index (χ3v) is 3.73. The monoisotopic (exact) mass is 373 g/mol. The summed E-state index contributed by atoms with van der Waals surface area (Å²) in [6, 6.07) is -0.768. The van der Waals surface area contributed by atoms with Gasteiger partial charge in [0.2, 0.25) is 5.91 Å². The number of hydrogen-bond acceptors (Lipinski definition) is 8. The van der Waals surface area contributed by atoms with Gasteiger partial charge in [-0.05, 0) is 6.42 Å². The number of aliphatic hydroxyl groups is 1. The zero-order chi connectivity index (χ0) is 19.7. The van der Waals surface area contributed by atoms with E-state index in [1.54, 1.807) is 6.08 Å². The van der Waals surface area contributed by atoms with E-state index in [0.29, 0.717) is 19.6 Å². The Morgan fingerprint density at radius 2 is 1.73 bits per heavy atom. The molecule has 1 rings (SSSR count). The Morgan fingerprint density at radius 1 is 1.12 bits per heavy atom. The minimum Gasteiger partial charge on any atom is -0.456 e. The quantitative estimate of drug-likeness (QED) is 0.321. The number of esters is 2. The Kier molecular flexibility index (Phi) is 9.25. The molecule has 0 aromatic carbocycles. The zero-order valence-electron chi connectivity index (χ0n) is 15.3. The number of rotatable bonds is 9. The molecule has 0 saturated carbocycles. The average Bonchev–Trinajstić information content (AvgIpc) is 2.54. The van der Waals surface area contributed by atoms with Crippen molar-refractivity contribution < 1.29 is 38.4 Å². The molecule has 2 N–H and O–H groups in total. The molecule has 0 aliphatic carbocycles. The molecule has 0 spiro atoms. The van der Waals surface area contributed by atoms with Gasteiger partial charge in [0, 0.05) is 27.4 Å². The fourth-order valence-corrected chi connectivity index (χ4v) is 2.85. The first-order chi connectivity index (χ1) is 12.3. The zero-order valence-corrected chi connectivity index (χ0v) is 15.3. The number of aliphatic hydroxyl groups excluding tert-OH is 1. The lowest BCUT2D eigenvalue weighted by atomic mass is 9.90. The van der Waals surface area contributed by atoms with Crippen molar-refractivity contribution in [1.82, 2.24) is 5.32 Å². The smallest absolute Gasteiger partial charge is 0.303 e. The number of nitrogens with one attached hydrogen (secondary N) is 1. The van der Waals surface area contributed by atoms with Crippen molar-refractivity contribution >= 4 is 17.8 Å². The van der Waals surface area contributed by atoms with Crippen LogP contribution in [0.3, 0.4) is 0 Å². The summed E-state index contributed by atoms with van der Waals surface area (Å²) in [6.45, 7) is 7.48. The van der Waals surface area contributed by atoms with Gasteiger partial charge in [-0.25, -0.2) is 0 Å². The minimum absolute atomic E-state index is 0.302. The average molecular weight is 373 g/mol. The van der Waals surface area contributed by atoms with Gasteiger partial charge in [0.05, 0.1) is 25.4 Å². The van der Waals surface area contributed by atoms with Crippen molar-refractivity contribution in [3.8, 4) is 0 Å². The van der Waals surface area contributed by atoms with Crippen molar-refractivity contribution in [2.24, 2.45) is 0 Å². The SMILES string of the molecule is C=CCOCC[C@H]1O[C@H](CO)[C@H](OC(C)=O)[C@H](OC(C)=O)[C@H]1NC(C)=O. The topological polar surface area (TPSA) is 120 Å². The highest BCUT2D eigenvalue weighted by molar-refractivity contribution is 5.73. The molecule has 0 aromatic rings. The molecule has 148 valence electrons. The van der Waals surface area contributed by atoms with Crippen molar-refractivity contribution in [2.75, 3.05) is 19.8 Å². The molecule has 1 fully saturated rings. The maximum absolute atomic E-state index is 11.6. The van der Waals surface area contributed by atoms with E-state index >= 15 is 0 Å². The van der Waals surface area contributed by atoms with Gasteiger partial charge in [-0.2, -0.15) is 0 Å². The maximum Gasteiger partial charge on any atom is 0.303 e. The van der Waals surface area contributed by atoms with Crippen molar-refractivity contribution in [3.63, 3.8) is 0 Å². The Bertz CT molecular complexity index is 509. The Morgan fingerprint density at radius 3 is 2.23 bits per heavy atom. The van der Waals surface area contributed by atoms with Crippen LogP contribution in [0.5, 0.6) is 0 Å². The van der Waals surface area contributed by atoms with E-state index < -0.39 is 49.0 Å². The summed E-state index contributed by atoms with van der Waals surface area (Å²) in [4.78, 5) is 34.6. The maximum atomic E-state index is 11.6. The molecule has 9 heteroatoms. The van der Waals surface area contributed by atoms with Gasteiger partial charge in [-0.15, -0.1) is 6.58 Å². The van der Waals surface area contributed by atoms with Gasteiger partial charge in [-0.3, -0.25) is 14.4 Å². The van der Waals surface area contributed by atoms with E-state index in [1.807, 2.05) is 0 Å². The van der Waals surface area contributed by atoms with Crippen LogP contribution in [-0.4, -0.2) is 73.2 Å². The van der Waals surface area contributed by atoms with E-state index in [2.05, 4.69) is 11.9 Å². The summed E-state index contributed by atoms with van der Waals surface area (Å²) in [6.07, 6.45) is -1.61. The van der Waals surface area contributed by atoms with Crippen molar-refractivity contribution in [3.05, 3.63) is 12.7 Å². The molecule has 9 nitrogen and oxygen atoms in total. The standard InChI is InChI=1S/C17H27NO8/c1-5-7-23-8-6-13-15(18-10(2)20)17(25-12(4)22)16(24-11(3)21)14(9-19)26-13/h5,13-17,19H,1,6-9H2,2-4H3,(H,18,20)/t13-,14-,15+,16+,17-/m1/s1. The largest absolute Gasteiger partial charge is 0.456 e. The molecule has 26 heavy (non-hydrogen) atoms. The molecule has 0 bridgehead atoms. The molecule has 1 aliphatic rings. The summed E-state index contributed by atoms with van der Waals surface area (Å²) in [5, 5.41) is 12.3. The normalized spacial score (nSPS) is 28.1. The Hall–Kier alpha value is -1.97. The molecular weight excluding hydrogens is 346 g/mol. The van der Waals surface area contributed by atoms with Crippen LogP contribution in [0.1, 0.15) is 27.2 Å². The van der Waals surface area contributed by atoms with Gasteiger partial charge in [0.25, 0.3) is 0 Å². The molecule has 0 unspecified atom stereocenters. The summed E-state index contributed by atoms with van der Waals surface area (Å²) < 4.78 is 21.7. The third kappa shape index (κ3) is 6.74. The number of carbonyl (C=O) groups excluding carboxylic acids is 3. The second kappa shape index (κ2) is 10.9. The molecule has 1 amide bonds. The second-order valence-electron chi connectivity index (χ2n) is 5.92. The molecule has 5 atom stereocenters. The van der Waals surface area contributed by atoms with Crippen LogP contribution < -0.4 is 5.32 Å². The fraction of sp³-hybridized carbons (Fsp3) is 0.706. The first kappa shape index (κ1) is 22.1. The van der Waals surface area contributed by atoms with Crippen LogP contribution in [-0.2, 0) is 33.3 Å². The van der Waals surface area contributed by atoms with Crippen LogP contribution in [0.4, 0.5) is 0 Å². The Balaban J connectivity index is 3.08. The molecule has 1 saturated heterocycles. The van der Waals surface area contributed by atoms with Gasteiger partial charge in [0.15, 0.2) is 12.2 Å². The first-order valence-electron chi connectivity index (χ1n) is 8.36. The van der Waals surface area contributed by atoms with Crippen LogP contribution >= 0.6 is 0 Å². The molecule has 0 aromatic heterocycles. The molecule has 1 aliphatic heterocycles. The highest BCUT2D eigenvalue weighted by Crippen LogP contribution is 2.28. The number of amides is 1. The van der Waals surface area contributed by atoms with Crippen LogP contribution in [0.2, 0.25) is 0 Å². The van der Waals surface area contributed by atoms with Crippen molar-refractivity contribution in [2.45, 2.75) is 57.6 Å². The summed E-state index contributed by atoms with van der Waals surface area (Å²) in [5.74, 6) is -1.59. The van der Waals surface area contributed by atoms with Gasteiger partial charge in [-0.1, -0.05) is 6.08 Å². The number of hydrogen-bond donors (Lipinski definition) is 2. The van der Waals surface area contributed by atoms with E-state index in [4.69, 9.17) is 18.9 Å². The lowest BCUT2D eigenvalue weighted by molar-refractivity contribution is -0.223. The van der Waals surface area contributed by atoms with E-state index in [9.17, 15) is 19.5 Å². The third-order valence-electron chi connectivity index (χ3n) is 3.73. The first-order valence-corrected chi connectivity index (χ1v) is 8.36.